The maximum Gasteiger partial charge on any atom is 0.263 e. The van der Waals surface area contributed by atoms with Crippen LogP contribution in [-0.4, -0.2) is 27.2 Å². The van der Waals surface area contributed by atoms with E-state index in [0.29, 0.717) is 11.4 Å². The normalized spacial score (nSPS) is 11.1. The Morgan fingerprint density at radius 1 is 1.07 bits per heavy atom. The molecule has 1 N–H and O–H groups in total. The molecule has 5 nitrogen and oxygen atoms in total. The molecule has 0 aliphatic carbocycles. The lowest BCUT2D eigenvalue weighted by Crippen LogP contribution is -2.25. The second-order valence-corrected chi connectivity index (χ2v) is 7.91. The Morgan fingerprint density at radius 3 is 2.64 bits per heavy atom. The zero-order valence-corrected chi connectivity index (χ0v) is 16.8. The summed E-state index contributed by atoms with van der Waals surface area (Å²) in [6, 6.07) is 18.1. The molecule has 6 heteroatoms. The standard InChI is InChI=1S/C22H22N4OS/c1-15-18-11-6-7-12-19(18)26(25-15)14-8-13-23-22(27)21-20(24-16(2)28-21)17-9-4-3-5-10-17/h3-7,9-12H,8,13-14H2,1-2H3,(H,23,27). The number of hydrogen-bond acceptors (Lipinski definition) is 4. The van der Waals surface area contributed by atoms with Crippen molar-refractivity contribution in [2.75, 3.05) is 6.54 Å². The number of nitrogens with zero attached hydrogens (tertiary/aromatic N) is 3. The van der Waals surface area contributed by atoms with Crippen molar-refractivity contribution in [3.8, 4) is 11.3 Å². The number of carbonyl (C=O) groups is 1. The van der Waals surface area contributed by atoms with Gasteiger partial charge in [0.2, 0.25) is 0 Å². The maximum atomic E-state index is 12.7. The van der Waals surface area contributed by atoms with Crippen LogP contribution in [0.4, 0.5) is 0 Å². The van der Waals surface area contributed by atoms with Gasteiger partial charge in [0.25, 0.3) is 5.91 Å². The number of aromatic nitrogens is 3. The van der Waals surface area contributed by atoms with Crippen molar-refractivity contribution >= 4 is 28.1 Å². The molecule has 0 aliphatic heterocycles. The molecule has 1 amide bonds. The Morgan fingerprint density at radius 2 is 1.82 bits per heavy atom. The van der Waals surface area contributed by atoms with E-state index in [1.54, 1.807) is 0 Å². The number of para-hydroxylation sites is 1. The van der Waals surface area contributed by atoms with Gasteiger partial charge in [-0.25, -0.2) is 4.98 Å². The molecule has 0 unspecified atom stereocenters. The molecule has 0 spiro atoms. The fourth-order valence-corrected chi connectivity index (χ4v) is 4.20. The van der Waals surface area contributed by atoms with E-state index in [1.807, 2.05) is 61.0 Å². The van der Waals surface area contributed by atoms with Crippen molar-refractivity contribution in [2.45, 2.75) is 26.8 Å². The number of amides is 1. The molecule has 0 saturated carbocycles. The Kier molecular flexibility index (Phi) is 5.21. The fourth-order valence-electron chi connectivity index (χ4n) is 3.35. The highest BCUT2D eigenvalue weighted by Crippen LogP contribution is 2.27. The van der Waals surface area contributed by atoms with Gasteiger partial charge in [-0.1, -0.05) is 48.5 Å². The van der Waals surface area contributed by atoms with Crippen LogP contribution in [0.5, 0.6) is 0 Å². The largest absolute Gasteiger partial charge is 0.351 e. The van der Waals surface area contributed by atoms with Crippen LogP contribution >= 0.6 is 11.3 Å². The SMILES string of the molecule is Cc1nc(-c2ccccc2)c(C(=O)NCCCn2nc(C)c3ccccc32)s1. The second kappa shape index (κ2) is 7.94. The lowest BCUT2D eigenvalue weighted by Gasteiger charge is -2.07. The van der Waals surface area contributed by atoms with Crippen LogP contribution < -0.4 is 5.32 Å². The third-order valence-corrected chi connectivity index (χ3v) is 5.63. The van der Waals surface area contributed by atoms with Gasteiger partial charge in [0, 0.05) is 24.0 Å². The number of aryl methyl sites for hydroxylation is 3. The first-order chi connectivity index (χ1) is 13.6. The van der Waals surface area contributed by atoms with Gasteiger partial charge in [-0.05, 0) is 26.3 Å². The van der Waals surface area contributed by atoms with Crippen molar-refractivity contribution in [3.05, 3.63) is 70.2 Å². The van der Waals surface area contributed by atoms with E-state index in [0.717, 1.165) is 40.4 Å². The van der Waals surface area contributed by atoms with Gasteiger partial charge in [-0.2, -0.15) is 5.10 Å². The minimum Gasteiger partial charge on any atom is -0.351 e. The topological polar surface area (TPSA) is 59.8 Å². The molecule has 0 bridgehead atoms. The van der Waals surface area contributed by atoms with E-state index in [4.69, 9.17) is 0 Å². The first-order valence-corrected chi connectivity index (χ1v) is 10.2. The van der Waals surface area contributed by atoms with Crippen molar-refractivity contribution < 1.29 is 4.79 Å². The molecule has 0 aliphatic rings. The Balaban J connectivity index is 1.40. The highest BCUT2D eigenvalue weighted by molar-refractivity contribution is 7.14. The quantitative estimate of drug-likeness (QED) is 0.490. The summed E-state index contributed by atoms with van der Waals surface area (Å²) in [4.78, 5) is 17.9. The van der Waals surface area contributed by atoms with Gasteiger partial charge in [-0.15, -0.1) is 11.3 Å². The summed E-state index contributed by atoms with van der Waals surface area (Å²) >= 11 is 1.44. The molecule has 0 saturated heterocycles. The van der Waals surface area contributed by atoms with Gasteiger partial charge in [0.15, 0.2) is 0 Å². The maximum absolute atomic E-state index is 12.7. The highest BCUT2D eigenvalue weighted by atomic mass is 32.1. The summed E-state index contributed by atoms with van der Waals surface area (Å²) in [7, 11) is 0. The van der Waals surface area contributed by atoms with Gasteiger partial charge < -0.3 is 5.32 Å². The summed E-state index contributed by atoms with van der Waals surface area (Å²) in [6.45, 7) is 5.32. The van der Waals surface area contributed by atoms with E-state index in [1.165, 1.54) is 16.7 Å². The predicted octanol–water partition coefficient (Wildman–Crippen LogP) is 4.60. The number of benzene rings is 2. The van der Waals surface area contributed by atoms with Gasteiger partial charge in [0.05, 0.1) is 21.9 Å². The molecule has 2 aromatic heterocycles. The number of nitrogens with one attached hydrogen (secondary N) is 1. The number of carbonyl (C=O) groups excluding carboxylic acids is 1. The van der Waals surface area contributed by atoms with Crippen molar-refractivity contribution in [3.63, 3.8) is 0 Å². The van der Waals surface area contributed by atoms with E-state index < -0.39 is 0 Å². The fraction of sp³-hybridized carbons (Fsp3) is 0.227. The van der Waals surface area contributed by atoms with Crippen LogP contribution in [0.25, 0.3) is 22.2 Å². The molecule has 4 aromatic rings. The summed E-state index contributed by atoms with van der Waals surface area (Å²) in [5, 5.41) is 9.73. The number of rotatable bonds is 6. The summed E-state index contributed by atoms with van der Waals surface area (Å²) in [6.07, 6.45) is 0.815. The molecule has 0 radical (unpaired) electrons. The Hall–Kier alpha value is -2.99. The van der Waals surface area contributed by atoms with E-state index in [9.17, 15) is 4.79 Å². The summed E-state index contributed by atoms with van der Waals surface area (Å²) < 4.78 is 2.02. The van der Waals surface area contributed by atoms with Crippen molar-refractivity contribution in [1.29, 1.82) is 0 Å². The Labute approximate surface area is 168 Å². The smallest absolute Gasteiger partial charge is 0.263 e. The van der Waals surface area contributed by atoms with Crippen LogP contribution in [0.3, 0.4) is 0 Å². The number of hydrogen-bond donors (Lipinski definition) is 1. The Bertz CT molecular complexity index is 1110. The average molecular weight is 391 g/mol. The monoisotopic (exact) mass is 390 g/mol. The van der Waals surface area contributed by atoms with E-state index in [2.05, 4.69) is 27.5 Å². The third kappa shape index (κ3) is 3.68. The minimum atomic E-state index is -0.0639. The predicted molar refractivity (Wildman–Crippen MR) is 114 cm³/mol. The van der Waals surface area contributed by atoms with Crippen LogP contribution in [0, 0.1) is 13.8 Å². The second-order valence-electron chi connectivity index (χ2n) is 6.71. The number of thiazole rings is 1. The number of fused-ring (bicyclic) bond motifs is 1. The van der Waals surface area contributed by atoms with Crippen LogP contribution in [0.1, 0.15) is 26.8 Å². The molecular formula is C22H22N4OS. The van der Waals surface area contributed by atoms with Crippen molar-refractivity contribution in [2.24, 2.45) is 0 Å². The molecule has 0 fully saturated rings. The van der Waals surface area contributed by atoms with Crippen molar-refractivity contribution in [1.82, 2.24) is 20.1 Å². The minimum absolute atomic E-state index is 0.0639. The molecule has 2 aromatic carbocycles. The van der Waals surface area contributed by atoms with Crippen LogP contribution in [0.2, 0.25) is 0 Å². The zero-order chi connectivity index (χ0) is 19.5. The lowest BCUT2D eigenvalue weighted by molar-refractivity contribution is 0.0957. The zero-order valence-electron chi connectivity index (χ0n) is 16.0. The third-order valence-electron chi connectivity index (χ3n) is 4.66. The summed E-state index contributed by atoms with van der Waals surface area (Å²) in [5.74, 6) is -0.0639. The molecule has 28 heavy (non-hydrogen) atoms. The van der Waals surface area contributed by atoms with Gasteiger partial charge in [-0.3, -0.25) is 9.48 Å². The first kappa shape index (κ1) is 18.4. The van der Waals surface area contributed by atoms with Crippen LogP contribution in [0.15, 0.2) is 54.6 Å². The van der Waals surface area contributed by atoms with E-state index >= 15 is 0 Å². The molecule has 0 atom stereocenters. The molecule has 2 heterocycles. The molecule has 4 rings (SSSR count). The molecular weight excluding hydrogens is 368 g/mol. The van der Waals surface area contributed by atoms with Crippen LogP contribution in [-0.2, 0) is 6.54 Å². The van der Waals surface area contributed by atoms with E-state index in [-0.39, 0.29) is 5.91 Å². The highest BCUT2D eigenvalue weighted by Gasteiger charge is 2.17. The van der Waals surface area contributed by atoms with Gasteiger partial charge >= 0.3 is 0 Å². The first-order valence-electron chi connectivity index (χ1n) is 9.36. The molecule has 142 valence electrons. The average Bonchev–Trinajstić information content (AvgIpc) is 3.26. The van der Waals surface area contributed by atoms with Gasteiger partial charge in [0.1, 0.15) is 4.88 Å². The summed E-state index contributed by atoms with van der Waals surface area (Å²) in [5.41, 5.74) is 3.90. The lowest BCUT2D eigenvalue weighted by atomic mass is 10.1.